The molecule has 29 heavy (non-hydrogen) atoms. The number of amides is 3. The van der Waals surface area contributed by atoms with Crippen LogP contribution in [0, 0.1) is 11.8 Å². The zero-order valence-corrected chi connectivity index (χ0v) is 17.1. The molecule has 3 unspecified atom stereocenters. The Morgan fingerprint density at radius 2 is 1.62 bits per heavy atom. The quantitative estimate of drug-likeness (QED) is 0.585. The monoisotopic (exact) mass is 400 g/mol. The van der Waals surface area contributed by atoms with Gasteiger partial charge in [-0.3, -0.25) is 19.3 Å². The molecule has 1 saturated heterocycles. The Bertz CT molecular complexity index is 780. The van der Waals surface area contributed by atoms with E-state index in [1.807, 2.05) is 19.1 Å². The summed E-state index contributed by atoms with van der Waals surface area (Å²) < 4.78 is 5.26. The molecule has 1 aliphatic carbocycles. The van der Waals surface area contributed by atoms with E-state index in [1.54, 1.807) is 12.1 Å². The summed E-state index contributed by atoms with van der Waals surface area (Å²) in [6, 6.07) is 6.37. The lowest BCUT2D eigenvalue weighted by Crippen LogP contribution is -2.46. The predicted octanol–water partition coefficient (Wildman–Crippen LogP) is 2.68. The second kappa shape index (κ2) is 8.76. The summed E-state index contributed by atoms with van der Waals surface area (Å²) >= 11 is 0. The summed E-state index contributed by atoms with van der Waals surface area (Å²) in [6.45, 7) is 4.98. The highest BCUT2D eigenvalue weighted by Crippen LogP contribution is 2.38. The highest BCUT2D eigenvalue weighted by molar-refractivity contribution is 6.08. The molecule has 3 rings (SSSR count). The Hall–Kier alpha value is -2.70. The third kappa shape index (κ3) is 4.33. The molecule has 2 aliphatic rings. The van der Waals surface area contributed by atoms with Crippen LogP contribution in [0.5, 0.6) is 0 Å². The van der Waals surface area contributed by atoms with Crippen LogP contribution in [0.3, 0.4) is 0 Å². The second-order valence-corrected chi connectivity index (χ2v) is 7.84. The van der Waals surface area contributed by atoms with Crippen LogP contribution in [0.2, 0.25) is 0 Å². The lowest BCUT2D eigenvalue weighted by Gasteiger charge is -2.23. The Labute approximate surface area is 170 Å². The SMILES string of the molecule is CCc1ccc(NC(=O)C(C)OC(=O)[C@H](C)N2C(=O)C3CCCCC3C2=O)cc1. The number of aryl methyl sites for hydroxylation is 1. The van der Waals surface area contributed by atoms with Crippen molar-refractivity contribution < 1.29 is 23.9 Å². The topological polar surface area (TPSA) is 92.8 Å². The molecule has 0 radical (unpaired) electrons. The van der Waals surface area contributed by atoms with Crippen molar-refractivity contribution in [1.29, 1.82) is 0 Å². The molecule has 1 aromatic rings. The largest absolute Gasteiger partial charge is 0.451 e. The van der Waals surface area contributed by atoms with Crippen LogP contribution in [0.4, 0.5) is 5.69 Å². The minimum Gasteiger partial charge on any atom is -0.451 e. The molecular formula is C22H28N2O5. The van der Waals surface area contributed by atoms with E-state index in [1.165, 1.54) is 13.8 Å². The van der Waals surface area contributed by atoms with E-state index in [-0.39, 0.29) is 23.7 Å². The normalized spacial score (nSPS) is 23.3. The van der Waals surface area contributed by atoms with E-state index in [0.29, 0.717) is 18.5 Å². The Morgan fingerprint density at radius 3 is 2.14 bits per heavy atom. The lowest BCUT2D eigenvalue weighted by atomic mass is 9.81. The van der Waals surface area contributed by atoms with Gasteiger partial charge in [0.1, 0.15) is 6.04 Å². The fourth-order valence-electron chi connectivity index (χ4n) is 4.07. The number of likely N-dealkylation sites (tertiary alicyclic amines) is 1. The number of rotatable bonds is 6. The zero-order valence-electron chi connectivity index (χ0n) is 17.1. The van der Waals surface area contributed by atoms with Crippen LogP contribution < -0.4 is 5.32 Å². The highest BCUT2D eigenvalue weighted by Gasteiger charge is 2.51. The first kappa shape index (κ1) is 21.0. The number of hydrogen-bond donors (Lipinski definition) is 1. The summed E-state index contributed by atoms with van der Waals surface area (Å²) in [6.07, 6.45) is 3.06. The average molecular weight is 400 g/mol. The Morgan fingerprint density at radius 1 is 1.07 bits per heavy atom. The van der Waals surface area contributed by atoms with Gasteiger partial charge in [-0.1, -0.05) is 31.9 Å². The van der Waals surface area contributed by atoms with Crippen LogP contribution in [-0.2, 0) is 30.3 Å². The molecule has 0 bridgehead atoms. The van der Waals surface area contributed by atoms with Crippen LogP contribution in [0.15, 0.2) is 24.3 Å². The van der Waals surface area contributed by atoms with Crippen molar-refractivity contribution in [1.82, 2.24) is 4.90 Å². The molecule has 7 heteroatoms. The van der Waals surface area contributed by atoms with E-state index in [2.05, 4.69) is 5.32 Å². The number of anilines is 1. The molecule has 1 saturated carbocycles. The molecule has 1 N–H and O–H groups in total. The maximum atomic E-state index is 12.6. The molecule has 0 aromatic heterocycles. The molecule has 4 atom stereocenters. The van der Waals surface area contributed by atoms with Crippen molar-refractivity contribution >= 4 is 29.4 Å². The van der Waals surface area contributed by atoms with Crippen LogP contribution in [0.25, 0.3) is 0 Å². The number of imide groups is 1. The van der Waals surface area contributed by atoms with E-state index in [4.69, 9.17) is 4.74 Å². The smallest absolute Gasteiger partial charge is 0.329 e. The number of benzene rings is 1. The fraction of sp³-hybridized carbons (Fsp3) is 0.545. The molecule has 3 amide bonds. The molecule has 156 valence electrons. The first-order valence-corrected chi connectivity index (χ1v) is 10.3. The standard InChI is InChI=1S/C22H28N2O5/c1-4-15-9-11-16(12-10-15)23-19(25)14(3)29-22(28)13(2)24-20(26)17-7-5-6-8-18(17)21(24)27/h9-14,17-18H,4-8H2,1-3H3,(H,23,25)/t13-,14?,17?,18?/m0/s1. The van der Waals surface area contributed by atoms with Gasteiger partial charge in [0.05, 0.1) is 11.8 Å². The van der Waals surface area contributed by atoms with Gasteiger partial charge in [0, 0.05) is 5.69 Å². The van der Waals surface area contributed by atoms with Crippen molar-refractivity contribution in [2.45, 2.75) is 65.0 Å². The third-order valence-electron chi connectivity index (χ3n) is 5.90. The van der Waals surface area contributed by atoms with Gasteiger partial charge in [-0.05, 0) is 50.8 Å². The molecule has 0 spiro atoms. The molecular weight excluding hydrogens is 372 g/mol. The second-order valence-electron chi connectivity index (χ2n) is 7.84. The summed E-state index contributed by atoms with van der Waals surface area (Å²) in [5, 5.41) is 2.70. The van der Waals surface area contributed by atoms with Gasteiger partial charge < -0.3 is 10.1 Å². The van der Waals surface area contributed by atoms with Crippen LogP contribution >= 0.6 is 0 Å². The minimum absolute atomic E-state index is 0.294. The number of nitrogens with zero attached hydrogens (tertiary/aromatic N) is 1. The van der Waals surface area contributed by atoms with E-state index in [9.17, 15) is 19.2 Å². The number of hydrogen-bond acceptors (Lipinski definition) is 5. The van der Waals surface area contributed by atoms with Gasteiger partial charge >= 0.3 is 5.97 Å². The van der Waals surface area contributed by atoms with Gasteiger partial charge in [0.2, 0.25) is 11.8 Å². The molecule has 1 aromatic carbocycles. The van der Waals surface area contributed by atoms with Crippen LogP contribution in [0.1, 0.15) is 52.0 Å². The number of carbonyl (C=O) groups excluding carboxylic acids is 4. The van der Waals surface area contributed by atoms with Gasteiger partial charge in [-0.25, -0.2) is 4.79 Å². The van der Waals surface area contributed by atoms with Gasteiger partial charge in [0.25, 0.3) is 5.91 Å². The fourth-order valence-corrected chi connectivity index (χ4v) is 4.07. The van der Waals surface area contributed by atoms with Crippen molar-refractivity contribution in [3.8, 4) is 0 Å². The van der Waals surface area contributed by atoms with Crippen molar-refractivity contribution in [3.63, 3.8) is 0 Å². The average Bonchev–Trinajstić information content (AvgIpc) is 2.98. The summed E-state index contributed by atoms with van der Waals surface area (Å²) in [5.74, 6) is -2.46. The van der Waals surface area contributed by atoms with Gasteiger partial charge in [-0.2, -0.15) is 0 Å². The maximum Gasteiger partial charge on any atom is 0.329 e. The number of nitrogens with one attached hydrogen (secondary N) is 1. The maximum absolute atomic E-state index is 12.6. The molecule has 1 aliphatic heterocycles. The molecule has 7 nitrogen and oxygen atoms in total. The van der Waals surface area contributed by atoms with Crippen molar-refractivity contribution in [2.24, 2.45) is 11.8 Å². The third-order valence-corrected chi connectivity index (χ3v) is 5.90. The number of esters is 1. The van der Waals surface area contributed by atoms with Crippen molar-refractivity contribution in [3.05, 3.63) is 29.8 Å². The van der Waals surface area contributed by atoms with E-state index < -0.39 is 24.0 Å². The number of ether oxygens (including phenoxy) is 1. The predicted molar refractivity (Wildman–Crippen MR) is 107 cm³/mol. The first-order valence-electron chi connectivity index (χ1n) is 10.3. The van der Waals surface area contributed by atoms with Gasteiger partial charge in [-0.15, -0.1) is 0 Å². The number of fused-ring (bicyclic) bond motifs is 1. The van der Waals surface area contributed by atoms with E-state index >= 15 is 0 Å². The molecule has 2 fully saturated rings. The Balaban J connectivity index is 1.58. The van der Waals surface area contributed by atoms with Crippen molar-refractivity contribution in [2.75, 3.05) is 5.32 Å². The minimum atomic E-state index is -1.05. The molecule has 1 heterocycles. The van der Waals surface area contributed by atoms with Gasteiger partial charge in [0.15, 0.2) is 6.10 Å². The van der Waals surface area contributed by atoms with E-state index in [0.717, 1.165) is 29.7 Å². The Kier molecular flexibility index (Phi) is 6.35. The lowest BCUT2D eigenvalue weighted by molar-refractivity contribution is -0.163. The summed E-state index contributed by atoms with van der Waals surface area (Å²) in [5.41, 5.74) is 1.76. The summed E-state index contributed by atoms with van der Waals surface area (Å²) in [7, 11) is 0. The number of carbonyl (C=O) groups is 4. The van der Waals surface area contributed by atoms with Crippen LogP contribution in [-0.4, -0.2) is 40.7 Å². The summed E-state index contributed by atoms with van der Waals surface area (Å²) in [4.78, 5) is 51.2. The zero-order chi connectivity index (χ0) is 21.1. The first-order chi connectivity index (χ1) is 13.8. The highest BCUT2D eigenvalue weighted by atomic mass is 16.5.